The van der Waals surface area contributed by atoms with Gasteiger partial charge in [0.1, 0.15) is 45.9 Å². The van der Waals surface area contributed by atoms with Gasteiger partial charge in [0.15, 0.2) is 0 Å². The molecule has 16 heteroatoms. The van der Waals surface area contributed by atoms with Crippen molar-refractivity contribution in [2.45, 2.75) is 96.8 Å². The largest absolute Gasteiger partial charge is 0.494 e. The van der Waals surface area contributed by atoms with E-state index in [1.54, 1.807) is 103 Å². The number of unbranched alkanes of at least 4 members (excludes halogenated alkanes) is 5. The molecule has 0 bridgehead atoms. The van der Waals surface area contributed by atoms with Crippen molar-refractivity contribution in [3.8, 4) is 56.8 Å². The molecule has 0 saturated carbocycles. The molecule has 9 aromatic carbocycles. The summed E-state index contributed by atoms with van der Waals surface area (Å²) in [6.45, 7) is 13.1. The highest BCUT2D eigenvalue weighted by Gasteiger charge is 2.37. The fraction of sp³-hybridized carbons (Fsp3) is 0.282. The molecule has 3 aliphatic rings. The van der Waals surface area contributed by atoms with Crippen LogP contribution < -0.4 is 28.4 Å². The standard InChI is InChI=1S/C85H84N4O11S/c1-5-85(56-94-57-85)55-93-45-17-6-7-18-48-97-77-42-35-62(50-59(77)4)84(92)100-78-43-40-67(51-63(78)53-86-88-80-73-27-12-8-23-69(73)70-24-9-13-28-74(70)80)98-82(90)60-31-36-65(37-32-60)95-46-19-20-47-96-66-38-33-61(34-39-66)83(91)99-68-41-44-79(101-49-21-16-22-58(2)3)64(52-68)54-87-89-81-75-29-14-10-25-71(75)72-26-11-15-30-76(72)81/h8-15,23-44,50-54,58H,5-7,16-22,45-49,55-57H2,1-4H3/b86-53+,87-54+. The second kappa shape index (κ2) is 34.7. The Bertz CT molecular complexity index is 4400. The molecular weight excluding hydrogens is 1290 g/mol. The topological polar surface area (TPSA) is 174 Å². The first-order chi connectivity index (χ1) is 49.5. The van der Waals surface area contributed by atoms with Gasteiger partial charge in [-0.05, 0) is 194 Å². The Morgan fingerprint density at radius 2 is 0.911 bits per heavy atom. The summed E-state index contributed by atoms with van der Waals surface area (Å²) in [5, 5.41) is 18.6. The van der Waals surface area contributed by atoms with E-state index in [0.717, 1.165) is 143 Å². The number of thioether (sulfide) groups is 1. The van der Waals surface area contributed by atoms with Gasteiger partial charge in [0.2, 0.25) is 0 Å². The van der Waals surface area contributed by atoms with Crippen molar-refractivity contribution in [3.05, 3.63) is 256 Å². The molecule has 0 spiro atoms. The number of nitrogens with zero attached hydrogens (tertiary/aromatic N) is 4. The zero-order chi connectivity index (χ0) is 69.8. The van der Waals surface area contributed by atoms with E-state index in [1.807, 2.05) is 85.8 Å². The van der Waals surface area contributed by atoms with Gasteiger partial charge in [0, 0.05) is 50.3 Å². The lowest BCUT2D eigenvalue weighted by atomic mass is 9.84. The van der Waals surface area contributed by atoms with Crippen molar-refractivity contribution in [1.82, 2.24) is 0 Å². The maximum absolute atomic E-state index is 13.8. The third-order valence-electron chi connectivity index (χ3n) is 18.1. The van der Waals surface area contributed by atoms with Gasteiger partial charge >= 0.3 is 17.9 Å². The number of hydrogen-bond donors (Lipinski definition) is 0. The molecule has 1 fully saturated rings. The van der Waals surface area contributed by atoms with E-state index < -0.39 is 17.9 Å². The Labute approximate surface area is 595 Å². The molecule has 516 valence electrons. The summed E-state index contributed by atoms with van der Waals surface area (Å²) in [7, 11) is 0. The molecule has 15 nitrogen and oxygen atoms in total. The van der Waals surface area contributed by atoms with Gasteiger partial charge in [-0.3, -0.25) is 0 Å². The van der Waals surface area contributed by atoms with Gasteiger partial charge in [0.05, 0.1) is 68.8 Å². The maximum atomic E-state index is 13.8. The molecule has 0 atom stereocenters. The third kappa shape index (κ3) is 18.4. The lowest BCUT2D eigenvalue weighted by molar-refractivity contribution is -0.150. The molecule has 1 saturated heterocycles. The Morgan fingerprint density at radius 3 is 1.42 bits per heavy atom. The summed E-state index contributed by atoms with van der Waals surface area (Å²) in [6.07, 6.45) is 13.2. The molecule has 0 aromatic heterocycles. The van der Waals surface area contributed by atoms with E-state index in [9.17, 15) is 14.4 Å². The number of rotatable bonds is 34. The van der Waals surface area contributed by atoms with Crippen LogP contribution in [-0.4, -0.2) is 93.8 Å². The van der Waals surface area contributed by atoms with Crippen molar-refractivity contribution in [2.75, 3.05) is 52.0 Å². The summed E-state index contributed by atoms with van der Waals surface area (Å²) in [5.74, 6) is 2.66. The van der Waals surface area contributed by atoms with Crippen LogP contribution in [0.2, 0.25) is 0 Å². The quantitative estimate of drug-likeness (QED) is 0.00933. The van der Waals surface area contributed by atoms with Crippen LogP contribution in [0.5, 0.6) is 34.5 Å². The predicted octanol–water partition coefficient (Wildman–Crippen LogP) is 18.9. The van der Waals surface area contributed by atoms with E-state index in [4.69, 9.17) is 48.1 Å². The van der Waals surface area contributed by atoms with Crippen molar-refractivity contribution in [1.29, 1.82) is 0 Å². The van der Waals surface area contributed by atoms with E-state index in [-0.39, 0.29) is 16.9 Å². The molecule has 101 heavy (non-hydrogen) atoms. The summed E-state index contributed by atoms with van der Waals surface area (Å²) < 4.78 is 47.4. The van der Waals surface area contributed by atoms with Crippen molar-refractivity contribution >= 4 is 53.5 Å². The lowest BCUT2D eigenvalue weighted by Crippen LogP contribution is -2.45. The van der Waals surface area contributed by atoms with Gasteiger partial charge < -0.3 is 37.9 Å². The van der Waals surface area contributed by atoms with Crippen LogP contribution in [0.1, 0.15) is 155 Å². The van der Waals surface area contributed by atoms with Crippen LogP contribution in [-0.2, 0) is 9.47 Å². The molecule has 1 aliphatic heterocycles. The van der Waals surface area contributed by atoms with Crippen molar-refractivity contribution in [2.24, 2.45) is 31.7 Å². The highest BCUT2D eigenvalue weighted by molar-refractivity contribution is 7.99. The average molecular weight is 1370 g/mol. The minimum Gasteiger partial charge on any atom is -0.494 e. The first-order valence-corrected chi connectivity index (χ1v) is 36.0. The van der Waals surface area contributed by atoms with E-state index in [1.165, 1.54) is 12.6 Å². The minimum absolute atomic E-state index is 0.190. The number of aryl methyl sites for hydroxylation is 1. The fourth-order valence-electron chi connectivity index (χ4n) is 12.2. The second-order valence-corrected chi connectivity index (χ2v) is 27.1. The van der Waals surface area contributed by atoms with Crippen molar-refractivity contribution < 1.29 is 52.3 Å². The molecule has 0 unspecified atom stereocenters. The highest BCUT2D eigenvalue weighted by Crippen LogP contribution is 2.39. The predicted molar refractivity (Wildman–Crippen MR) is 400 cm³/mol. The molecular formula is C85H84N4O11S. The molecule has 0 radical (unpaired) electrons. The van der Waals surface area contributed by atoms with Crippen LogP contribution >= 0.6 is 11.8 Å². The fourth-order valence-corrected chi connectivity index (χ4v) is 13.3. The van der Waals surface area contributed by atoms with Crippen LogP contribution in [0.15, 0.2) is 225 Å². The number of benzene rings is 9. The zero-order valence-electron chi connectivity index (χ0n) is 57.7. The molecule has 12 rings (SSSR count). The summed E-state index contributed by atoms with van der Waals surface area (Å²) in [4.78, 5) is 42.0. The molecule has 9 aromatic rings. The monoisotopic (exact) mass is 1370 g/mol. The average Bonchev–Trinajstić information content (AvgIpc) is 1.63. The normalized spacial score (nSPS) is 13.1. The summed E-state index contributed by atoms with van der Waals surface area (Å²) in [6, 6.07) is 61.8. The highest BCUT2D eigenvalue weighted by atomic mass is 32.2. The second-order valence-electron chi connectivity index (χ2n) is 26.0. The third-order valence-corrected chi connectivity index (χ3v) is 19.3. The Balaban J connectivity index is 0.611. The van der Waals surface area contributed by atoms with E-state index >= 15 is 0 Å². The maximum Gasteiger partial charge on any atom is 0.343 e. The first kappa shape index (κ1) is 70.6. The number of hydrogen-bond acceptors (Lipinski definition) is 16. The first-order valence-electron chi connectivity index (χ1n) is 35.0. The van der Waals surface area contributed by atoms with Gasteiger partial charge in [-0.2, -0.15) is 10.2 Å². The molecule has 0 amide bonds. The minimum atomic E-state index is -0.600. The van der Waals surface area contributed by atoms with Crippen molar-refractivity contribution in [3.63, 3.8) is 0 Å². The molecule has 1 heterocycles. The lowest BCUT2D eigenvalue weighted by Gasteiger charge is -2.40. The van der Waals surface area contributed by atoms with E-state index in [0.29, 0.717) is 89.5 Å². The SMILES string of the molecule is CCC1(COCCCCCCOc2ccc(C(=O)Oc3ccc(OC(=O)c4ccc(OCCCCOc5ccc(C(=O)Oc6ccc(SCCCCC(C)C)c(/C=N/N=C7c8ccccc8-c8ccccc87)c6)cc5)cc4)cc3/C=N/N=C3c4ccccc4-c4ccccc43)cc2C)COC1. The zero-order valence-corrected chi connectivity index (χ0v) is 58.5. The Hall–Kier alpha value is -10.3. The smallest absolute Gasteiger partial charge is 0.343 e. The number of ether oxygens (including phenoxy) is 8. The summed E-state index contributed by atoms with van der Waals surface area (Å²) in [5.41, 5.74) is 13.1. The molecule has 2 aliphatic carbocycles. The Kier molecular flexibility index (Phi) is 24.2. The van der Waals surface area contributed by atoms with Crippen LogP contribution in [0.4, 0.5) is 0 Å². The Morgan fingerprint density at radius 1 is 0.465 bits per heavy atom. The van der Waals surface area contributed by atoms with Crippen LogP contribution in [0.3, 0.4) is 0 Å². The molecule has 0 N–H and O–H groups in total. The number of carbonyl (C=O) groups is 3. The number of carbonyl (C=O) groups excluding carboxylic acids is 3. The van der Waals surface area contributed by atoms with Crippen LogP contribution in [0, 0.1) is 18.3 Å². The number of esters is 3. The summed E-state index contributed by atoms with van der Waals surface area (Å²) >= 11 is 1.77. The number of fused-ring (bicyclic) bond motifs is 6. The van der Waals surface area contributed by atoms with Gasteiger partial charge in [-0.1, -0.05) is 137 Å². The van der Waals surface area contributed by atoms with Crippen LogP contribution in [0.25, 0.3) is 22.3 Å². The van der Waals surface area contributed by atoms with Gasteiger partial charge in [-0.25, -0.2) is 14.4 Å². The van der Waals surface area contributed by atoms with Gasteiger partial charge in [-0.15, -0.1) is 22.0 Å². The van der Waals surface area contributed by atoms with E-state index in [2.05, 4.69) is 67.4 Å². The van der Waals surface area contributed by atoms with Gasteiger partial charge in [0.25, 0.3) is 0 Å².